The predicted molar refractivity (Wildman–Crippen MR) is 126 cm³/mol. The molecule has 0 unspecified atom stereocenters. The Morgan fingerprint density at radius 2 is 1.94 bits per heavy atom. The van der Waals surface area contributed by atoms with Crippen LogP contribution < -0.4 is 0 Å². The van der Waals surface area contributed by atoms with Crippen molar-refractivity contribution >= 4 is 0 Å². The Kier molecular flexibility index (Phi) is 10.6. The van der Waals surface area contributed by atoms with Crippen LogP contribution in [-0.2, 0) is 13.1 Å². The summed E-state index contributed by atoms with van der Waals surface area (Å²) in [5.74, 6) is 1.05. The first-order chi connectivity index (χ1) is 15.0. The topological polar surface area (TPSA) is 21.1 Å². The van der Waals surface area contributed by atoms with Crippen LogP contribution in [0.4, 0.5) is 8.78 Å². The number of hydrogen-bond acceptors (Lipinski definition) is 2. The van der Waals surface area contributed by atoms with Crippen LogP contribution in [0.1, 0.15) is 57.3 Å². The van der Waals surface area contributed by atoms with Crippen molar-refractivity contribution in [1.82, 2.24) is 14.5 Å². The van der Waals surface area contributed by atoms with Crippen LogP contribution >= 0.6 is 0 Å². The molecule has 0 saturated carbocycles. The molecule has 31 heavy (non-hydrogen) atoms. The van der Waals surface area contributed by atoms with Crippen LogP contribution in [0, 0.1) is 6.92 Å². The van der Waals surface area contributed by atoms with Gasteiger partial charge in [0, 0.05) is 25.1 Å². The Bertz CT molecular complexity index is 838. The molecule has 0 bridgehead atoms. The molecule has 0 radical (unpaired) electrons. The summed E-state index contributed by atoms with van der Waals surface area (Å²) in [4.78, 5) is 7.23. The van der Waals surface area contributed by atoms with E-state index in [1.165, 1.54) is 5.69 Å². The summed E-state index contributed by atoms with van der Waals surface area (Å²) >= 11 is 0. The van der Waals surface area contributed by atoms with Gasteiger partial charge < -0.3 is 9.47 Å². The minimum Gasteiger partial charge on any atom is -0.327 e. The molecule has 0 atom stereocenters. The third-order valence-corrected chi connectivity index (χ3v) is 5.46. The van der Waals surface area contributed by atoms with Crippen LogP contribution in [0.25, 0.3) is 11.4 Å². The second-order valence-corrected chi connectivity index (χ2v) is 8.08. The summed E-state index contributed by atoms with van der Waals surface area (Å²) < 4.78 is 27.4. The summed E-state index contributed by atoms with van der Waals surface area (Å²) in [7, 11) is 2.14. The summed E-state index contributed by atoms with van der Waals surface area (Å²) in [6, 6.07) is 10.4. The average Bonchev–Trinajstić information content (AvgIpc) is 3.06. The van der Waals surface area contributed by atoms with Gasteiger partial charge in [-0.15, -0.1) is 0 Å². The van der Waals surface area contributed by atoms with Crippen molar-refractivity contribution < 1.29 is 8.78 Å². The normalized spacial score (nSPS) is 12.6. The zero-order valence-electron chi connectivity index (χ0n) is 19.5. The van der Waals surface area contributed by atoms with Crippen molar-refractivity contribution in [3.05, 3.63) is 65.5 Å². The van der Waals surface area contributed by atoms with E-state index in [4.69, 9.17) is 4.98 Å². The third kappa shape index (κ3) is 8.06. The van der Waals surface area contributed by atoms with Gasteiger partial charge in [-0.3, -0.25) is 0 Å². The predicted octanol–water partition coefficient (Wildman–Crippen LogP) is 7.03. The largest absolute Gasteiger partial charge is 0.327 e. The molecular weight excluding hydrogens is 392 g/mol. The van der Waals surface area contributed by atoms with E-state index in [0.717, 1.165) is 62.4 Å². The van der Waals surface area contributed by atoms with Gasteiger partial charge >= 0.3 is 0 Å². The van der Waals surface area contributed by atoms with Gasteiger partial charge in [-0.2, -0.15) is 0 Å². The molecule has 1 aromatic carbocycles. The van der Waals surface area contributed by atoms with Crippen LogP contribution in [0.15, 0.2) is 54.1 Å². The zero-order chi connectivity index (χ0) is 22.6. The lowest BCUT2D eigenvalue weighted by Gasteiger charge is -2.19. The number of halogens is 2. The molecule has 0 aliphatic rings. The van der Waals surface area contributed by atoms with Gasteiger partial charge in [0.2, 0.25) is 6.43 Å². The molecule has 2 aromatic rings. The number of unbranched alkanes of at least 4 members (excludes halogenated alkanes) is 2. The highest BCUT2D eigenvalue weighted by atomic mass is 19.3. The Labute approximate surface area is 186 Å². The summed E-state index contributed by atoms with van der Waals surface area (Å²) in [6.45, 7) is 8.90. The summed E-state index contributed by atoms with van der Waals surface area (Å²) in [5, 5.41) is 0. The van der Waals surface area contributed by atoms with Gasteiger partial charge in [0.15, 0.2) is 0 Å². The number of allylic oxidation sites excluding steroid dienone is 4. The number of nitrogens with zero attached hydrogens (tertiary/aromatic N) is 3. The monoisotopic (exact) mass is 429 g/mol. The standard InChI is InChI=1S/C26H37F2N3/c1-5-7-18-31-24(21(3)29-26(31)23-15-11-8-12-16-23)20-30(4)17-13-9-10-14-22(6-2)19-25(27)28/h6,8,10-12,14-16,25H,5,7,9,13,17-20H2,1-4H3/b14-10-,22-6+. The van der Waals surface area contributed by atoms with E-state index >= 15 is 0 Å². The maximum Gasteiger partial charge on any atom is 0.242 e. The first kappa shape index (κ1) is 25.0. The molecule has 1 heterocycles. The van der Waals surface area contributed by atoms with Crippen LogP contribution in [0.3, 0.4) is 0 Å². The fourth-order valence-corrected chi connectivity index (χ4v) is 3.68. The molecule has 0 aliphatic carbocycles. The second kappa shape index (κ2) is 13.2. The van der Waals surface area contributed by atoms with E-state index in [-0.39, 0.29) is 6.42 Å². The van der Waals surface area contributed by atoms with E-state index in [1.807, 2.05) is 25.1 Å². The maximum atomic E-state index is 12.5. The highest BCUT2D eigenvalue weighted by Gasteiger charge is 2.16. The van der Waals surface area contributed by atoms with Crippen LogP contribution in [0.5, 0.6) is 0 Å². The lowest BCUT2D eigenvalue weighted by atomic mass is 10.1. The fraction of sp³-hybridized carbons (Fsp3) is 0.500. The van der Waals surface area contributed by atoms with Crippen molar-refractivity contribution in [2.24, 2.45) is 0 Å². The highest BCUT2D eigenvalue weighted by molar-refractivity contribution is 5.56. The Hall–Kier alpha value is -2.27. The van der Waals surface area contributed by atoms with Crippen molar-refractivity contribution in [1.29, 1.82) is 0 Å². The van der Waals surface area contributed by atoms with Crippen molar-refractivity contribution in [2.75, 3.05) is 13.6 Å². The first-order valence-corrected chi connectivity index (χ1v) is 11.4. The second-order valence-electron chi connectivity index (χ2n) is 8.08. The third-order valence-electron chi connectivity index (χ3n) is 5.46. The Morgan fingerprint density at radius 1 is 1.19 bits per heavy atom. The number of hydrogen-bond donors (Lipinski definition) is 0. The molecule has 3 nitrogen and oxygen atoms in total. The highest BCUT2D eigenvalue weighted by Crippen LogP contribution is 2.24. The van der Waals surface area contributed by atoms with E-state index in [1.54, 1.807) is 6.08 Å². The van der Waals surface area contributed by atoms with Crippen molar-refractivity contribution in [3.8, 4) is 11.4 Å². The van der Waals surface area contributed by atoms with Crippen molar-refractivity contribution in [3.63, 3.8) is 0 Å². The quantitative estimate of drug-likeness (QED) is 0.252. The molecule has 0 amide bonds. The molecule has 2 rings (SSSR count). The van der Waals surface area contributed by atoms with E-state index < -0.39 is 6.43 Å². The minimum absolute atomic E-state index is 0.169. The molecule has 1 aromatic heterocycles. The van der Waals surface area contributed by atoms with E-state index in [9.17, 15) is 8.78 Å². The lowest BCUT2D eigenvalue weighted by molar-refractivity contribution is 0.150. The minimum atomic E-state index is -2.29. The molecule has 0 aliphatic heterocycles. The van der Waals surface area contributed by atoms with Gasteiger partial charge in [-0.05, 0) is 52.3 Å². The van der Waals surface area contributed by atoms with Gasteiger partial charge in [-0.1, -0.05) is 61.9 Å². The van der Waals surface area contributed by atoms with E-state index in [0.29, 0.717) is 5.57 Å². The Morgan fingerprint density at radius 3 is 2.58 bits per heavy atom. The Balaban J connectivity index is 1.99. The zero-order valence-corrected chi connectivity index (χ0v) is 19.5. The molecular formula is C26H37F2N3. The van der Waals surface area contributed by atoms with E-state index in [2.05, 4.69) is 54.6 Å². The number of imidazole rings is 1. The number of aryl methyl sites for hydroxylation is 1. The smallest absolute Gasteiger partial charge is 0.242 e. The number of rotatable bonds is 13. The van der Waals surface area contributed by atoms with Gasteiger partial charge in [0.1, 0.15) is 5.82 Å². The van der Waals surface area contributed by atoms with Crippen molar-refractivity contribution in [2.45, 2.75) is 72.4 Å². The number of aromatic nitrogens is 2. The molecule has 0 saturated heterocycles. The summed E-state index contributed by atoms with van der Waals surface area (Å²) in [6.07, 6.45) is 7.30. The lowest BCUT2D eigenvalue weighted by Crippen LogP contribution is -2.22. The summed E-state index contributed by atoms with van der Waals surface area (Å²) in [5.41, 5.74) is 4.22. The van der Waals surface area contributed by atoms with Crippen LogP contribution in [-0.4, -0.2) is 34.5 Å². The van der Waals surface area contributed by atoms with Gasteiger partial charge in [-0.25, -0.2) is 13.8 Å². The average molecular weight is 430 g/mol. The number of alkyl halides is 2. The molecule has 0 spiro atoms. The number of benzene rings is 1. The van der Waals surface area contributed by atoms with Crippen LogP contribution in [0.2, 0.25) is 0 Å². The van der Waals surface area contributed by atoms with Gasteiger partial charge in [0.25, 0.3) is 0 Å². The fourth-order valence-electron chi connectivity index (χ4n) is 3.68. The maximum absolute atomic E-state index is 12.5. The molecule has 0 N–H and O–H groups in total. The first-order valence-electron chi connectivity index (χ1n) is 11.4. The molecule has 5 heteroatoms. The molecule has 170 valence electrons. The molecule has 0 fully saturated rings. The van der Waals surface area contributed by atoms with Gasteiger partial charge in [0.05, 0.1) is 11.4 Å². The SMILES string of the molecule is C/C=C(\C=C/CCCN(C)Cc1c(C)nc(-c2ccccc2)n1CCCC)CC(F)F.